The van der Waals surface area contributed by atoms with Gasteiger partial charge in [-0.25, -0.2) is 0 Å². The maximum absolute atomic E-state index is 11.4. The summed E-state index contributed by atoms with van der Waals surface area (Å²) in [4.78, 5) is 13.3. The molecule has 3 N–H and O–H groups in total. The van der Waals surface area contributed by atoms with Crippen LogP contribution in [0.2, 0.25) is 5.02 Å². The highest BCUT2D eigenvalue weighted by Gasteiger charge is 2.08. The Labute approximate surface area is 107 Å². The van der Waals surface area contributed by atoms with Crippen molar-refractivity contribution in [2.24, 2.45) is 0 Å². The van der Waals surface area contributed by atoms with Gasteiger partial charge in [-0.3, -0.25) is 9.69 Å². The van der Waals surface area contributed by atoms with Crippen molar-refractivity contribution < 1.29 is 4.79 Å². The number of nitrogens with one attached hydrogen (secondary N) is 1. The van der Waals surface area contributed by atoms with Gasteiger partial charge < -0.3 is 11.1 Å². The highest BCUT2D eigenvalue weighted by molar-refractivity contribution is 6.31. The number of hydrogen-bond acceptors (Lipinski definition) is 3. The van der Waals surface area contributed by atoms with Crippen LogP contribution in [0.3, 0.4) is 0 Å². The van der Waals surface area contributed by atoms with E-state index in [0.29, 0.717) is 30.3 Å². The summed E-state index contributed by atoms with van der Waals surface area (Å²) in [7, 11) is 1.87. The smallest absolute Gasteiger partial charge is 0.234 e. The maximum Gasteiger partial charge on any atom is 0.234 e. The number of nitrogens with zero attached hydrogens (tertiary/aromatic N) is 1. The highest BCUT2D eigenvalue weighted by Crippen LogP contribution is 2.19. The number of carbonyl (C=O) groups is 1. The molecule has 0 aliphatic carbocycles. The first kappa shape index (κ1) is 13.8. The van der Waals surface area contributed by atoms with Crippen molar-refractivity contribution in [3.8, 4) is 0 Å². The first-order chi connectivity index (χ1) is 8.02. The van der Waals surface area contributed by atoms with E-state index in [-0.39, 0.29) is 5.91 Å². The van der Waals surface area contributed by atoms with Gasteiger partial charge in [-0.2, -0.15) is 0 Å². The van der Waals surface area contributed by atoms with Gasteiger partial charge in [0.1, 0.15) is 0 Å². The first-order valence-electron chi connectivity index (χ1n) is 5.52. The van der Waals surface area contributed by atoms with E-state index in [1.54, 1.807) is 12.1 Å². The molecule has 0 bridgehead atoms. The van der Waals surface area contributed by atoms with Gasteiger partial charge in [0.05, 0.1) is 6.54 Å². The Balaban J connectivity index is 2.58. The molecule has 5 heteroatoms. The van der Waals surface area contributed by atoms with E-state index in [4.69, 9.17) is 17.3 Å². The van der Waals surface area contributed by atoms with Crippen LogP contribution in [0, 0.1) is 0 Å². The van der Waals surface area contributed by atoms with Crippen LogP contribution in [-0.2, 0) is 11.3 Å². The average Bonchev–Trinajstić information content (AvgIpc) is 2.23. The molecule has 94 valence electrons. The van der Waals surface area contributed by atoms with Crippen molar-refractivity contribution in [2.45, 2.75) is 13.5 Å². The Morgan fingerprint density at radius 2 is 2.24 bits per heavy atom. The van der Waals surface area contributed by atoms with Gasteiger partial charge in [-0.15, -0.1) is 0 Å². The van der Waals surface area contributed by atoms with Crippen LogP contribution in [0.1, 0.15) is 12.5 Å². The summed E-state index contributed by atoms with van der Waals surface area (Å²) < 4.78 is 0. The normalized spacial score (nSPS) is 10.6. The molecule has 0 spiro atoms. The van der Waals surface area contributed by atoms with E-state index < -0.39 is 0 Å². The summed E-state index contributed by atoms with van der Waals surface area (Å²) in [6, 6.07) is 5.36. The lowest BCUT2D eigenvalue weighted by Gasteiger charge is -2.17. The van der Waals surface area contributed by atoms with Crippen molar-refractivity contribution in [1.29, 1.82) is 0 Å². The zero-order valence-corrected chi connectivity index (χ0v) is 10.9. The molecule has 0 saturated carbocycles. The molecule has 0 atom stereocenters. The fourth-order valence-electron chi connectivity index (χ4n) is 1.56. The fourth-order valence-corrected chi connectivity index (χ4v) is 1.74. The summed E-state index contributed by atoms with van der Waals surface area (Å²) in [6.07, 6.45) is 0. The molecule has 0 saturated heterocycles. The lowest BCUT2D eigenvalue weighted by Crippen LogP contribution is -2.34. The van der Waals surface area contributed by atoms with Crippen LogP contribution in [0.15, 0.2) is 18.2 Å². The summed E-state index contributed by atoms with van der Waals surface area (Å²) >= 11 is 6.06. The molecule has 1 rings (SSSR count). The molecule has 17 heavy (non-hydrogen) atoms. The van der Waals surface area contributed by atoms with Gasteiger partial charge in [0.2, 0.25) is 5.91 Å². The molecule has 0 fully saturated rings. The van der Waals surface area contributed by atoms with Gasteiger partial charge in [0.15, 0.2) is 0 Å². The monoisotopic (exact) mass is 255 g/mol. The minimum absolute atomic E-state index is 0.00928. The van der Waals surface area contributed by atoms with Crippen molar-refractivity contribution in [3.63, 3.8) is 0 Å². The van der Waals surface area contributed by atoms with E-state index in [1.165, 1.54) is 0 Å². The molecule has 1 aromatic rings. The summed E-state index contributed by atoms with van der Waals surface area (Å²) in [5.74, 6) is 0.00928. The Hall–Kier alpha value is -1.26. The average molecular weight is 256 g/mol. The standard InChI is InChI=1S/C12H18ClN3O/c1-3-15-12(17)8-16(2)7-9-6-10(14)4-5-11(9)13/h4-6H,3,7-8,14H2,1-2H3,(H,15,17). The number of amides is 1. The zero-order chi connectivity index (χ0) is 12.8. The van der Waals surface area contributed by atoms with Crippen molar-refractivity contribution in [3.05, 3.63) is 28.8 Å². The van der Waals surface area contributed by atoms with E-state index in [1.807, 2.05) is 24.9 Å². The van der Waals surface area contributed by atoms with Crippen LogP contribution in [0.5, 0.6) is 0 Å². The van der Waals surface area contributed by atoms with Crippen LogP contribution in [0.25, 0.3) is 0 Å². The van der Waals surface area contributed by atoms with Gasteiger partial charge >= 0.3 is 0 Å². The number of likely N-dealkylation sites (N-methyl/N-ethyl adjacent to an activating group) is 2. The Morgan fingerprint density at radius 1 is 1.53 bits per heavy atom. The second kappa shape index (κ2) is 6.47. The third-order valence-corrected chi connectivity index (χ3v) is 2.67. The predicted octanol–water partition coefficient (Wildman–Crippen LogP) is 1.49. The minimum Gasteiger partial charge on any atom is -0.399 e. The van der Waals surface area contributed by atoms with Crippen molar-refractivity contribution in [1.82, 2.24) is 10.2 Å². The van der Waals surface area contributed by atoms with Gasteiger partial charge in [-0.05, 0) is 37.7 Å². The Morgan fingerprint density at radius 3 is 2.88 bits per heavy atom. The second-order valence-electron chi connectivity index (χ2n) is 3.98. The molecule has 0 aliphatic heterocycles. The number of carbonyl (C=O) groups excluding carboxylic acids is 1. The molecule has 0 aliphatic rings. The summed E-state index contributed by atoms with van der Waals surface area (Å²) in [6.45, 7) is 3.48. The molecule has 0 radical (unpaired) electrons. The van der Waals surface area contributed by atoms with Crippen molar-refractivity contribution >= 4 is 23.2 Å². The molecular weight excluding hydrogens is 238 g/mol. The zero-order valence-electron chi connectivity index (χ0n) is 10.2. The summed E-state index contributed by atoms with van der Waals surface area (Å²) in [5, 5.41) is 3.42. The van der Waals surface area contributed by atoms with Gasteiger partial charge in [0.25, 0.3) is 0 Å². The number of anilines is 1. The molecule has 1 amide bonds. The van der Waals surface area contributed by atoms with Crippen LogP contribution < -0.4 is 11.1 Å². The van der Waals surface area contributed by atoms with Gasteiger partial charge in [0, 0.05) is 23.8 Å². The van der Waals surface area contributed by atoms with E-state index in [0.717, 1.165) is 5.56 Å². The van der Waals surface area contributed by atoms with Gasteiger partial charge in [-0.1, -0.05) is 11.6 Å². The number of nitrogen functional groups attached to an aromatic ring is 1. The van der Waals surface area contributed by atoms with Crippen LogP contribution in [-0.4, -0.2) is 30.9 Å². The number of nitrogens with two attached hydrogens (primary N) is 1. The van der Waals surface area contributed by atoms with Crippen molar-refractivity contribution in [2.75, 3.05) is 25.9 Å². The lowest BCUT2D eigenvalue weighted by atomic mass is 10.2. The highest BCUT2D eigenvalue weighted by atomic mass is 35.5. The molecule has 0 heterocycles. The third kappa shape index (κ3) is 4.63. The lowest BCUT2D eigenvalue weighted by molar-refractivity contribution is -0.121. The topological polar surface area (TPSA) is 58.4 Å². The first-order valence-corrected chi connectivity index (χ1v) is 5.90. The maximum atomic E-state index is 11.4. The SMILES string of the molecule is CCNC(=O)CN(C)Cc1cc(N)ccc1Cl. The molecular formula is C12H18ClN3O. The minimum atomic E-state index is 0.00928. The largest absolute Gasteiger partial charge is 0.399 e. The molecule has 0 unspecified atom stereocenters. The molecule has 1 aromatic carbocycles. The van der Waals surface area contributed by atoms with Crippen LogP contribution >= 0.6 is 11.6 Å². The summed E-state index contributed by atoms with van der Waals surface area (Å²) in [5.41, 5.74) is 7.30. The number of halogens is 1. The van der Waals surface area contributed by atoms with E-state index in [2.05, 4.69) is 5.32 Å². The number of hydrogen-bond donors (Lipinski definition) is 2. The Kier molecular flexibility index (Phi) is 5.25. The molecule has 4 nitrogen and oxygen atoms in total. The fraction of sp³-hybridized carbons (Fsp3) is 0.417. The number of rotatable bonds is 5. The Bertz CT molecular complexity index is 395. The van der Waals surface area contributed by atoms with E-state index >= 15 is 0 Å². The van der Waals surface area contributed by atoms with Crippen LogP contribution in [0.4, 0.5) is 5.69 Å². The second-order valence-corrected chi connectivity index (χ2v) is 4.38. The van der Waals surface area contributed by atoms with E-state index in [9.17, 15) is 4.79 Å². The quantitative estimate of drug-likeness (QED) is 0.784. The molecule has 0 aromatic heterocycles. The number of benzene rings is 1. The third-order valence-electron chi connectivity index (χ3n) is 2.30. The predicted molar refractivity (Wildman–Crippen MR) is 70.9 cm³/mol.